The molecule has 2 nitrogen and oxygen atoms in total. The van der Waals surface area contributed by atoms with Gasteiger partial charge in [-0.2, -0.15) is 0 Å². The Kier molecular flexibility index (Phi) is 2.56. The van der Waals surface area contributed by atoms with E-state index in [-0.39, 0.29) is 11.3 Å². The van der Waals surface area contributed by atoms with Crippen LogP contribution in [-0.4, -0.2) is 5.78 Å². The van der Waals surface area contributed by atoms with Crippen molar-refractivity contribution in [2.24, 2.45) is 0 Å². The van der Waals surface area contributed by atoms with Gasteiger partial charge in [-0.15, -0.1) is 0 Å². The Morgan fingerprint density at radius 2 is 1.94 bits per heavy atom. The molecule has 1 aromatic carbocycles. The van der Waals surface area contributed by atoms with Gasteiger partial charge in [-0.05, 0) is 37.3 Å². The minimum absolute atomic E-state index is 0.00185. The lowest BCUT2D eigenvalue weighted by molar-refractivity contribution is 0.100. The van der Waals surface area contributed by atoms with E-state index in [0.29, 0.717) is 5.76 Å². The molecule has 0 unspecified atom stereocenters. The molecule has 1 heterocycles. The molecule has 82 valence electrons. The molecule has 0 saturated carbocycles. The number of benzene rings is 1. The summed E-state index contributed by atoms with van der Waals surface area (Å²) in [6.07, 6.45) is 0. The zero-order valence-electron chi connectivity index (χ0n) is 8.46. The maximum atomic E-state index is 13.3. The number of carbonyl (C=O) groups excluding carboxylic acids is 1. The molecule has 0 aliphatic carbocycles. The third-order valence-electron chi connectivity index (χ3n) is 2.14. The summed E-state index contributed by atoms with van der Waals surface area (Å²) in [6.45, 7) is 1.67. The molecular weight excluding hydrogens is 214 g/mol. The van der Waals surface area contributed by atoms with Crippen LogP contribution in [0.15, 0.2) is 34.7 Å². The van der Waals surface area contributed by atoms with Crippen LogP contribution in [0.1, 0.15) is 21.9 Å². The summed E-state index contributed by atoms with van der Waals surface area (Å²) in [6, 6.07) is 5.75. The second kappa shape index (κ2) is 3.89. The Morgan fingerprint density at radius 1 is 1.19 bits per heavy atom. The second-order valence-electron chi connectivity index (χ2n) is 3.36. The first-order valence-electron chi connectivity index (χ1n) is 4.64. The first-order valence-corrected chi connectivity index (χ1v) is 4.64. The van der Waals surface area contributed by atoms with E-state index in [1.165, 1.54) is 6.07 Å². The van der Waals surface area contributed by atoms with Crippen molar-refractivity contribution in [2.45, 2.75) is 6.92 Å². The van der Waals surface area contributed by atoms with Crippen LogP contribution in [0, 0.1) is 18.6 Å². The minimum Gasteiger partial charge on any atom is -0.458 e. The van der Waals surface area contributed by atoms with Gasteiger partial charge in [0.25, 0.3) is 0 Å². The molecule has 0 radical (unpaired) electrons. The van der Waals surface area contributed by atoms with Gasteiger partial charge in [0.1, 0.15) is 17.4 Å². The number of furan rings is 1. The summed E-state index contributed by atoms with van der Waals surface area (Å²) in [4.78, 5) is 11.7. The lowest BCUT2D eigenvalue weighted by Gasteiger charge is -1.99. The Labute approximate surface area is 90.5 Å². The van der Waals surface area contributed by atoms with Crippen molar-refractivity contribution < 1.29 is 18.0 Å². The van der Waals surface area contributed by atoms with E-state index in [9.17, 15) is 13.6 Å². The van der Waals surface area contributed by atoms with Gasteiger partial charge in [-0.3, -0.25) is 4.79 Å². The highest BCUT2D eigenvalue weighted by Gasteiger charge is 2.17. The average molecular weight is 222 g/mol. The standard InChI is InChI=1S/C12H8F2O2/c1-7-2-5-11(16-7)12(15)9-6-8(13)3-4-10(9)14/h2-6H,1H3. The largest absolute Gasteiger partial charge is 0.458 e. The number of aryl methyl sites for hydroxylation is 1. The predicted octanol–water partition coefficient (Wildman–Crippen LogP) is 3.10. The molecule has 0 saturated heterocycles. The van der Waals surface area contributed by atoms with Crippen molar-refractivity contribution in [2.75, 3.05) is 0 Å². The highest BCUT2D eigenvalue weighted by Crippen LogP contribution is 2.16. The lowest BCUT2D eigenvalue weighted by atomic mass is 10.1. The summed E-state index contributed by atoms with van der Waals surface area (Å²) in [5.74, 6) is -1.54. The SMILES string of the molecule is Cc1ccc(C(=O)c2cc(F)ccc2F)o1. The summed E-state index contributed by atoms with van der Waals surface area (Å²) in [5.41, 5.74) is -0.325. The van der Waals surface area contributed by atoms with Gasteiger partial charge in [0, 0.05) is 0 Å². The molecule has 0 atom stereocenters. The van der Waals surface area contributed by atoms with Crippen LogP contribution in [0.3, 0.4) is 0 Å². The van der Waals surface area contributed by atoms with Gasteiger partial charge in [0.15, 0.2) is 5.76 Å². The van der Waals surface area contributed by atoms with Crippen LogP contribution in [-0.2, 0) is 0 Å². The van der Waals surface area contributed by atoms with E-state index in [0.717, 1.165) is 18.2 Å². The van der Waals surface area contributed by atoms with Gasteiger partial charge in [0.2, 0.25) is 5.78 Å². The fraction of sp³-hybridized carbons (Fsp3) is 0.0833. The number of hydrogen-bond acceptors (Lipinski definition) is 2. The molecule has 4 heteroatoms. The minimum atomic E-state index is -0.763. The van der Waals surface area contributed by atoms with Crippen molar-refractivity contribution in [3.05, 3.63) is 59.1 Å². The Bertz CT molecular complexity index is 544. The second-order valence-corrected chi connectivity index (χ2v) is 3.36. The number of ketones is 1. The van der Waals surface area contributed by atoms with E-state index in [4.69, 9.17) is 4.42 Å². The highest BCUT2D eigenvalue weighted by atomic mass is 19.1. The van der Waals surface area contributed by atoms with Crippen LogP contribution < -0.4 is 0 Å². The molecule has 2 rings (SSSR count). The van der Waals surface area contributed by atoms with E-state index >= 15 is 0 Å². The monoisotopic (exact) mass is 222 g/mol. The molecule has 0 amide bonds. The summed E-state index contributed by atoms with van der Waals surface area (Å²) in [5, 5.41) is 0. The lowest BCUT2D eigenvalue weighted by Crippen LogP contribution is -2.03. The Hall–Kier alpha value is -1.97. The number of hydrogen-bond donors (Lipinski definition) is 0. The van der Waals surface area contributed by atoms with Crippen LogP contribution in [0.4, 0.5) is 8.78 Å². The fourth-order valence-corrected chi connectivity index (χ4v) is 1.36. The van der Waals surface area contributed by atoms with E-state index in [1.807, 2.05) is 0 Å². The van der Waals surface area contributed by atoms with E-state index in [1.54, 1.807) is 13.0 Å². The number of halogens is 2. The molecule has 1 aromatic heterocycles. The molecule has 0 N–H and O–H groups in total. The van der Waals surface area contributed by atoms with Gasteiger partial charge < -0.3 is 4.42 Å². The van der Waals surface area contributed by atoms with Crippen LogP contribution in [0.2, 0.25) is 0 Å². The molecular formula is C12H8F2O2. The number of rotatable bonds is 2. The van der Waals surface area contributed by atoms with Crippen molar-refractivity contribution >= 4 is 5.78 Å². The number of carbonyl (C=O) groups is 1. The van der Waals surface area contributed by atoms with Gasteiger partial charge in [-0.25, -0.2) is 8.78 Å². The molecule has 2 aromatic rings. The Balaban J connectivity index is 2.45. The van der Waals surface area contributed by atoms with Crippen LogP contribution in [0.25, 0.3) is 0 Å². The normalized spacial score (nSPS) is 10.4. The molecule has 16 heavy (non-hydrogen) atoms. The fourth-order valence-electron chi connectivity index (χ4n) is 1.36. The van der Waals surface area contributed by atoms with Crippen molar-refractivity contribution in [1.82, 2.24) is 0 Å². The van der Waals surface area contributed by atoms with Gasteiger partial charge in [-0.1, -0.05) is 0 Å². The predicted molar refractivity (Wildman–Crippen MR) is 53.2 cm³/mol. The topological polar surface area (TPSA) is 30.2 Å². The van der Waals surface area contributed by atoms with Crippen LogP contribution in [0.5, 0.6) is 0 Å². The summed E-state index contributed by atoms with van der Waals surface area (Å²) >= 11 is 0. The first-order chi connectivity index (χ1) is 7.58. The quantitative estimate of drug-likeness (QED) is 0.731. The third kappa shape index (κ3) is 1.86. The van der Waals surface area contributed by atoms with Crippen molar-refractivity contribution in [3.8, 4) is 0 Å². The van der Waals surface area contributed by atoms with E-state index < -0.39 is 17.4 Å². The Morgan fingerprint density at radius 3 is 2.56 bits per heavy atom. The summed E-state index contributed by atoms with van der Waals surface area (Å²) in [7, 11) is 0. The van der Waals surface area contributed by atoms with Crippen molar-refractivity contribution in [1.29, 1.82) is 0 Å². The zero-order valence-corrected chi connectivity index (χ0v) is 8.46. The molecule has 0 aliphatic heterocycles. The van der Waals surface area contributed by atoms with Crippen molar-refractivity contribution in [3.63, 3.8) is 0 Å². The van der Waals surface area contributed by atoms with E-state index in [2.05, 4.69) is 0 Å². The van der Waals surface area contributed by atoms with Gasteiger partial charge in [0.05, 0.1) is 5.56 Å². The van der Waals surface area contributed by atoms with Gasteiger partial charge >= 0.3 is 0 Å². The van der Waals surface area contributed by atoms with Crippen LogP contribution >= 0.6 is 0 Å². The first kappa shape index (κ1) is 10.5. The smallest absolute Gasteiger partial charge is 0.231 e. The zero-order chi connectivity index (χ0) is 11.7. The summed E-state index contributed by atoms with van der Waals surface area (Å²) < 4.78 is 31.2. The molecule has 0 aliphatic rings. The maximum absolute atomic E-state index is 13.3. The highest BCUT2D eigenvalue weighted by molar-refractivity contribution is 6.07. The third-order valence-corrected chi connectivity index (χ3v) is 2.14. The molecule has 0 spiro atoms. The molecule has 0 fully saturated rings. The maximum Gasteiger partial charge on any atom is 0.231 e. The molecule has 0 bridgehead atoms. The average Bonchev–Trinajstić information content (AvgIpc) is 2.67.